The second-order valence-electron chi connectivity index (χ2n) is 5.83. The van der Waals surface area contributed by atoms with Crippen molar-refractivity contribution in [2.75, 3.05) is 20.3 Å². The third-order valence-electron chi connectivity index (χ3n) is 4.26. The first kappa shape index (κ1) is 16.5. The number of amides is 1. The highest BCUT2D eigenvalue weighted by Gasteiger charge is 2.35. The molecule has 24 heavy (non-hydrogen) atoms. The Balaban J connectivity index is 1.70. The molecule has 1 fully saturated rings. The van der Waals surface area contributed by atoms with E-state index in [9.17, 15) is 9.90 Å². The maximum absolute atomic E-state index is 12.7. The molecule has 0 bridgehead atoms. The quantitative estimate of drug-likeness (QED) is 0.917. The largest absolute Gasteiger partial charge is 0.457 e. The van der Waals surface area contributed by atoms with Crippen molar-refractivity contribution in [3.05, 3.63) is 60.2 Å². The Morgan fingerprint density at radius 2 is 1.79 bits per heavy atom. The predicted octanol–water partition coefficient (Wildman–Crippen LogP) is 2.70. The van der Waals surface area contributed by atoms with E-state index < -0.39 is 0 Å². The van der Waals surface area contributed by atoms with Crippen LogP contribution in [0.4, 0.5) is 0 Å². The van der Waals surface area contributed by atoms with Crippen LogP contribution >= 0.6 is 0 Å². The van der Waals surface area contributed by atoms with Crippen molar-refractivity contribution in [3.8, 4) is 11.5 Å². The molecule has 3 rings (SSSR count). The van der Waals surface area contributed by atoms with Crippen LogP contribution in [0.15, 0.2) is 54.6 Å². The third-order valence-corrected chi connectivity index (χ3v) is 4.26. The second kappa shape index (κ2) is 7.47. The summed E-state index contributed by atoms with van der Waals surface area (Å²) in [6.07, 6.45) is 0.639. The van der Waals surface area contributed by atoms with Crippen LogP contribution < -0.4 is 4.74 Å². The molecule has 2 aromatic rings. The summed E-state index contributed by atoms with van der Waals surface area (Å²) < 4.78 is 11.1. The highest BCUT2D eigenvalue weighted by molar-refractivity contribution is 5.94. The Hall–Kier alpha value is -2.37. The van der Waals surface area contributed by atoms with E-state index in [1.54, 1.807) is 36.3 Å². The first-order chi connectivity index (χ1) is 11.7. The highest BCUT2D eigenvalue weighted by Crippen LogP contribution is 2.25. The molecule has 5 heteroatoms. The van der Waals surface area contributed by atoms with Crippen LogP contribution in [0.3, 0.4) is 0 Å². The normalized spacial score (nSPS) is 20.2. The van der Waals surface area contributed by atoms with Gasteiger partial charge in [0.05, 0.1) is 18.8 Å². The van der Waals surface area contributed by atoms with Crippen molar-refractivity contribution in [3.63, 3.8) is 0 Å². The molecule has 0 saturated carbocycles. The van der Waals surface area contributed by atoms with Crippen molar-refractivity contribution in [2.24, 2.45) is 0 Å². The smallest absolute Gasteiger partial charge is 0.254 e. The van der Waals surface area contributed by atoms with Crippen molar-refractivity contribution >= 4 is 5.91 Å². The molecule has 0 aromatic heterocycles. The van der Waals surface area contributed by atoms with E-state index in [4.69, 9.17) is 9.47 Å². The van der Waals surface area contributed by atoms with E-state index in [1.807, 2.05) is 30.3 Å². The molecule has 0 aliphatic carbocycles. The SMILES string of the molecule is CO[C@@H]1C[C@@H](CO)N(C(=O)c2ccc(Oc3ccccc3)cc2)C1. The van der Waals surface area contributed by atoms with E-state index in [1.165, 1.54) is 0 Å². The zero-order valence-electron chi connectivity index (χ0n) is 13.6. The van der Waals surface area contributed by atoms with E-state index in [0.29, 0.717) is 24.3 Å². The average Bonchev–Trinajstić information content (AvgIpc) is 3.06. The van der Waals surface area contributed by atoms with Crippen molar-refractivity contribution < 1.29 is 19.4 Å². The number of rotatable bonds is 5. The molecule has 1 N–H and O–H groups in total. The Bertz CT molecular complexity index is 672. The number of carbonyl (C=O) groups is 1. The molecule has 2 aromatic carbocycles. The third kappa shape index (κ3) is 3.58. The summed E-state index contributed by atoms with van der Waals surface area (Å²) in [5.41, 5.74) is 0.575. The summed E-state index contributed by atoms with van der Waals surface area (Å²) in [6, 6.07) is 16.3. The summed E-state index contributed by atoms with van der Waals surface area (Å²) in [5.74, 6) is 1.33. The number of methoxy groups -OCH3 is 1. The molecule has 1 saturated heterocycles. The first-order valence-corrected chi connectivity index (χ1v) is 7.99. The minimum atomic E-state index is -0.192. The molecule has 0 spiro atoms. The van der Waals surface area contributed by atoms with Crippen molar-refractivity contribution in [1.29, 1.82) is 0 Å². The molecular formula is C19H21NO4. The average molecular weight is 327 g/mol. The lowest BCUT2D eigenvalue weighted by Crippen LogP contribution is -2.38. The Labute approximate surface area is 141 Å². The summed E-state index contributed by atoms with van der Waals surface area (Å²) in [6.45, 7) is 0.448. The maximum atomic E-state index is 12.7. The molecule has 1 aliphatic rings. The van der Waals surface area contributed by atoms with E-state index in [0.717, 1.165) is 5.75 Å². The van der Waals surface area contributed by atoms with Gasteiger partial charge in [-0.05, 0) is 42.8 Å². The van der Waals surface area contributed by atoms with Crippen LogP contribution in [0.5, 0.6) is 11.5 Å². The van der Waals surface area contributed by atoms with E-state index in [-0.39, 0.29) is 24.7 Å². The van der Waals surface area contributed by atoms with Gasteiger partial charge in [-0.15, -0.1) is 0 Å². The molecule has 5 nitrogen and oxygen atoms in total. The van der Waals surface area contributed by atoms with Gasteiger partial charge in [0.1, 0.15) is 11.5 Å². The number of aliphatic hydroxyl groups is 1. The van der Waals surface area contributed by atoms with Gasteiger partial charge in [-0.2, -0.15) is 0 Å². The lowest BCUT2D eigenvalue weighted by Gasteiger charge is -2.22. The highest BCUT2D eigenvalue weighted by atomic mass is 16.5. The number of carbonyl (C=O) groups excluding carboxylic acids is 1. The number of hydrogen-bond acceptors (Lipinski definition) is 4. The van der Waals surface area contributed by atoms with Gasteiger partial charge < -0.3 is 19.5 Å². The van der Waals surface area contributed by atoms with E-state index >= 15 is 0 Å². The van der Waals surface area contributed by atoms with Crippen LogP contribution in [0.25, 0.3) is 0 Å². The van der Waals surface area contributed by atoms with Gasteiger partial charge in [-0.1, -0.05) is 18.2 Å². The molecule has 2 atom stereocenters. The van der Waals surface area contributed by atoms with Gasteiger partial charge in [0.25, 0.3) is 5.91 Å². The van der Waals surface area contributed by atoms with E-state index in [2.05, 4.69) is 0 Å². The molecular weight excluding hydrogens is 306 g/mol. The molecule has 0 radical (unpaired) electrons. The summed E-state index contributed by atoms with van der Waals surface area (Å²) in [4.78, 5) is 14.3. The Morgan fingerprint density at radius 3 is 2.42 bits per heavy atom. The van der Waals surface area contributed by atoms with Gasteiger partial charge >= 0.3 is 0 Å². The fraction of sp³-hybridized carbons (Fsp3) is 0.316. The van der Waals surface area contributed by atoms with Gasteiger partial charge in [0.2, 0.25) is 0 Å². The van der Waals surface area contributed by atoms with Crippen molar-refractivity contribution in [1.82, 2.24) is 4.90 Å². The Morgan fingerprint density at radius 1 is 1.12 bits per heavy atom. The first-order valence-electron chi connectivity index (χ1n) is 7.99. The van der Waals surface area contributed by atoms with Gasteiger partial charge in [-0.25, -0.2) is 0 Å². The zero-order chi connectivity index (χ0) is 16.9. The van der Waals surface area contributed by atoms with Crippen LogP contribution in [0.2, 0.25) is 0 Å². The molecule has 1 heterocycles. The number of benzene rings is 2. The van der Waals surface area contributed by atoms with Crippen molar-refractivity contribution in [2.45, 2.75) is 18.6 Å². The predicted molar refractivity (Wildman–Crippen MR) is 90.3 cm³/mol. The summed E-state index contributed by atoms with van der Waals surface area (Å²) in [5, 5.41) is 9.48. The monoisotopic (exact) mass is 327 g/mol. The minimum absolute atomic E-state index is 0.0215. The molecule has 1 amide bonds. The Kier molecular flexibility index (Phi) is 5.13. The number of nitrogens with zero attached hydrogens (tertiary/aromatic N) is 1. The fourth-order valence-corrected chi connectivity index (χ4v) is 2.92. The fourth-order valence-electron chi connectivity index (χ4n) is 2.92. The number of hydrogen-bond donors (Lipinski definition) is 1. The van der Waals surface area contributed by atoms with Gasteiger partial charge in [-0.3, -0.25) is 4.79 Å². The van der Waals surface area contributed by atoms with Crippen LogP contribution in [0.1, 0.15) is 16.8 Å². The summed E-state index contributed by atoms with van der Waals surface area (Å²) >= 11 is 0. The number of ether oxygens (including phenoxy) is 2. The number of para-hydroxylation sites is 1. The second-order valence-corrected chi connectivity index (χ2v) is 5.83. The topological polar surface area (TPSA) is 59.0 Å². The molecule has 1 aliphatic heterocycles. The summed E-state index contributed by atoms with van der Waals surface area (Å²) in [7, 11) is 1.63. The maximum Gasteiger partial charge on any atom is 0.254 e. The number of aliphatic hydroxyl groups excluding tert-OH is 1. The number of likely N-dealkylation sites (tertiary alicyclic amines) is 1. The van der Waals surface area contributed by atoms with Crippen LogP contribution in [-0.4, -0.2) is 48.3 Å². The van der Waals surface area contributed by atoms with Gasteiger partial charge in [0, 0.05) is 19.2 Å². The van der Waals surface area contributed by atoms with Gasteiger partial charge in [0.15, 0.2) is 0 Å². The van der Waals surface area contributed by atoms with Crippen LogP contribution in [-0.2, 0) is 4.74 Å². The molecule has 0 unspecified atom stereocenters. The lowest BCUT2D eigenvalue weighted by atomic mass is 10.1. The zero-order valence-corrected chi connectivity index (χ0v) is 13.6. The molecule has 126 valence electrons. The minimum Gasteiger partial charge on any atom is -0.457 e. The standard InChI is InChI=1S/C19H21NO4/c1-23-18-11-15(13-21)20(12-18)19(22)14-7-9-17(10-8-14)24-16-5-3-2-4-6-16/h2-10,15,18,21H,11-13H2,1H3/t15-,18+/m0/s1. The van der Waals surface area contributed by atoms with Crippen LogP contribution in [0, 0.1) is 0 Å². The lowest BCUT2D eigenvalue weighted by molar-refractivity contribution is 0.0648.